The van der Waals surface area contributed by atoms with Gasteiger partial charge in [-0.2, -0.15) is 0 Å². The van der Waals surface area contributed by atoms with Gasteiger partial charge >= 0.3 is 0 Å². The standard InChI is InChI=1S/C16H18FN3OS.ClH/c1-12-11-22-15(18-12)10-19-6-8-20(9-7-19)16(21)13-4-2-3-5-14(13)17;/h2-5,11H,6-10H2,1H3;1H. The largest absolute Gasteiger partial charge is 0.336 e. The van der Waals surface area contributed by atoms with E-state index in [0.29, 0.717) is 13.1 Å². The van der Waals surface area contributed by atoms with Gasteiger partial charge in [-0.05, 0) is 19.1 Å². The third-order valence-corrected chi connectivity index (χ3v) is 4.74. The molecule has 124 valence electrons. The highest BCUT2D eigenvalue weighted by atomic mass is 35.5. The van der Waals surface area contributed by atoms with E-state index in [1.807, 2.05) is 12.3 Å². The minimum Gasteiger partial charge on any atom is -0.336 e. The summed E-state index contributed by atoms with van der Waals surface area (Å²) in [6, 6.07) is 6.16. The van der Waals surface area contributed by atoms with E-state index in [0.717, 1.165) is 30.3 Å². The Labute approximate surface area is 145 Å². The van der Waals surface area contributed by atoms with Gasteiger partial charge in [0.15, 0.2) is 0 Å². The van der Waals surface area contributed by atoms with Gasteiger partial charge in [-0.25, -0.2) is 9.37 Å². The van der Waals surface area contributed by atoms with Crippen molar-refractivity contribution in [2.75, 3.05) is 26.2 Å². The first-order valence-electron chi connectivity index (χ1n) is 7.30. The lowest BCUT2D eigenvalue weighted by Gasteiger charge is -2.34. The highest BCUT2D eigenvalue weighted by molar-refractivity contribution is 7.09. The highest BCUT2D eigenvalue weighted by Gasteiger charge is 2.24. The van der Waals surface area contributed by atoms with Crippen molar-refractivity contribution in [1.29, 1.82) is 0 Å². The second-order valence-electron chi connectivity index (χ2n) is 5.43. The molecule has 1 amide bonds. The van der Waals surface area contributed by atoms with Crippen molar-refractivity contribution in [1.82, 2.24) is 14.8 Å². The maximum Gasteiger partial charge on any atom is 0.256 e. The molecule has 1 aromatic carbocycles. The highest BCUT2D eigenvalue weighted by Crippen LogP contribution is 2.15. The van der Waals surface area contributed by atoms with Gasteiger partial charge in [-0.3, -0.25) is 9.69 Å². The lowest BCUT2D eigenvalue weighted by atomic mass is 10.1. The molecular formula is C16H19ClFN3OS. The molecule has 1 aromatic heterocycles. The molecule has 0 aliphatic carbocycles. The number of benzene rings is 1. The molecular weight excluding hydrogens is 337 g/mol. The van der Waals surface area contributed by atoms with Crippen LogP contribution in [0.4, 0.5) is 4.39 Å². The Morgan fingerprint density at radius 2 is 1.96 bits per heavy atom. The van der Waals surface area contributed by atoms with Crippen LogP contribution in [0.3, 0.4) is 0 Å². The molecule has 0 bridgehead atoms. The van der Waals surface area contributed by atoms with Crippen LogP contribution in [0.25, 0.3) is 0 Å². The number of carbonyl (C=O) groups excluding carboxylic acids is 1. The average molecular weight is 356 g/mol. The van der Waals surface area contributed by atoms with Gasteiger partial charge < -0.3 is 4.90 Å². The average Bonchev–Trinajstić information content (AvgIpc) is 2.93. The molecule has 0 radical (unpaired) electrons. The van der Waals surface area contributed by atoms with Crippen molar-refractivity contribution in [3.8, 4) is 0 Å². The van der Waals surface area contributed by atoms with Crippen molar-refractivity contribution in [3.05, 3.63) is 51.7 Å². The van der Waals surface area contributed by atoms with E-state index in [4.69, 9.17) is 0 Å². The lowest BCUT2D eigenvalue weighted by Crippen LogP contribution is -2.48. The number of amides is 1. The summed E-state index contributed by atoms with van der Waals surface area (Å²) in [6.07, 6.45) is 0. The Bertz CT molecular complexity index is 671. The van der Waals surface area contributed by atoms with Crippen LogP contribution >= 0.6 is 23.7 Å². The van der Waals surface area contributed by atoms with Gasteiger partial charge in [-0.1, -0.05) is 12.1 Å². The molecule has 1 aliphatic rings. The second-order valence-corrected chi connectivity index (χ2v) is 6.37. The van der Waals surface area contributed by atoms with Crippen LogP contribution in [0.5, 0.6) is 0 Å². The van der Waals surface area contributed by atoms with Crippen molar-refractivity contribution in [2.24, 2.45) is 0 Å². The Morgan fingerprint density at radius 1 is 1.26 bits per heavy atom. The summed E-state index contributed by atoms with van der Waals surface area (Å²) in [4.78, 5) is 20.8. The number of hydrogen-bond donors (Lipinski definition) is 0. The zero-order valence-corrected chi connectivity index (χ0v) is 14.5. The third-order valence-electron chi connectivity index (χ3n) is 3.79. The molecule has 0 saturated carbocycles. The van der Waals surface area contributed by atoms with Crippen LogP contribution in [-0.4, -0.2) is 46.9 Å². The number of thiazole rings is 1. The van der Waals surface area contributed by atoms with Gasteiger partial charge in [0.05, 0.1) is 12.1 Å². The summed E-state index contributed by atoms with van der Waals surface area (Å²) in [5.74, 6) is -0.670. The number of aryl methyl sites for hydroxylation is 1. The molecule has 1 fully saturated rings. The van der Waals surface area contributed by atoms with Crippen LogP contribution in [0.2, 0.25) is 0 Å². The monoisotopic (exact) mass is 355 g/mol. The maximum absolute atomic E-state index is 13.7. The molecule has 2 heterocycles. The summed E-state index contributed by atoms with van der Waals surface area (Å²) >= 11 is 1.67. The summed E-state index contributed by atoms with van der Waals surface area (Å²) in [6.45, 7) is 5.64. The Kier molecular flexibility index (Phi) is 6.10. The molecule has 23 heavy (non-hydrogen) atoms. The normalized spacial score (nSPS) is 15.3. The first kappa shape index (κ1) is 17.8. The Balaban J connectivity index is 0.00000192. The van der Waals surface area contributed by atoms with Crippen LogP contribution in [0.1, 0.15) is 21.1 Å². The van der Waals surface area contributed by atoms with Crippen LogP contribution in [0.15, 0.2) is 29.6 Å². The van der Waals surface area contributed by atoms with E-state index >= 15 is 0 Å². The van der Waals surface area contributed by atoms with E-state index in [1.54, 1.807) is 34.4 Å². The van der Waals surface area contributed by atoms with Gasteiger partial charge in [0, 0.05) is 37.3 Å². The number of aromatic nitrogens is 1. The van der Waals surface area contributed by atoms with Gasteiger partial charge in [-0.15, -0.1) is 23.7 Å². The summed E-state index contributed by atoms with van der Waals surface area (Å²) < 4.78 is 13.7. The van der Waals surface area contributed by atoms with E-state index in [9.17, 15) is 9.18 Å². The first-order chi connectivity index (χ1) is 10.6. The van der Waals surface area contributed by atoms with E-state index in [2.05, 4.69) is 9.88 Å². The topological polar surface area (TPSA) is 36.4 Å². The van der Waals surface area contributed by atoms with Gasteiger partial charge in [0.1, 0.15) is 10.8 Å². The summed E-state index contributed by atoms with van der Waals surface area (Å²) in [5.41, 5.74) is 1.21. The van der Waals surface area contributed by atoms with E-state index in [1.165, 1.54) is 6.07 Å². The maximum atomic E-state index is 13.7. The van der Waals surface area contributed by atoms with Crippen LogP contribution < -0.4 is 0 Å². The molecule has 2 aromatic rings. The minimum atomic E-state index is -0.451. The molecule has 0 spiro atoms. The molecule has 0 atom stereocenters. The van der Waals surface area contributed by atoms with Gasteiger partial charge in [0.2, 0.25) is 0 Å². The second kappa shape index (κ2) is 7.86. The number of rotatable bonds is 3. The SMILES string of the molecule is Cc1csc(CN2CCN(C(=O)c3ccccc3F)CC2)n1.Cl. The fourth-order valence-electron chi connectivity index (χ4n) is 2.58. The zero-order chi connectivity index (χ0) is 15.5. The van der Waals surface area contributed by atoms with Crippen molar-refractivity contribution < 1.29 is 9.18 Å². The van der Waals surface area contributed by atoms with Crippen molar-refractivity contribution >= 4 is 29.7 Å². The molecule has 4 nitrogen and oxygen atoms in total. The predicted octanol–water partition coefficient (Wildman–Crippen LogP) is 2.97. The van der Waals surface area contributed by atoms with E-state index < -0.39 is 5.82 Å². The molecule has 1 saturated heterocycles. The molecule has 0 unspecified atom stereocenters. The number of carbonyl (C=O) groups is 1. The number of piperazine rings is 1. The van der Waals surface area contributed by atoms with Gasteiger partial charge in [0.25, 0.3) is 5.91 Å². The van der Waals surface area contributed by atoms with Crippen LogP contribution in [-0.2, 0) is 6.54 Å². The quantitative estimate of drug-likeness (QED) is 0.849. The fourth-order valence-corrected chi connectivity index (χ4v) is 3.39. The summed E-state index contributed by atoms with van der Waals surface area (Å²) in [5, 5.41) is 3.15. The Hall–Kier alpha value is -1.50. The molecule has 0 N–H and O–H groups in total. The van der Waals surface area contributed by atoms with Crippen molar-refractivity contribution in [3.63, 3.8) is 0 Å². The lowest BCUT2D eigenvalue weighted by molar-refractivity contribution is 0.0624. The zero-order valence-electron chi connectivity index (χ0n) is 12.9. The number of halogens is 2. The third kappa shape index (κ3) is 4.28. The first-order valence-corrected chi connectivity index (χ1v) is 8.18. The minimum absolute atomic E-state index is 0. The van der Waals surface area contributed by atoms with Crippen LogP contribution in [0, 0.1) is 12.7 Å². The molecule has 7 heteroatoms. The van der Waals surface area contributed by atoms with Crippen molar-refractivity contribution in [2.45, 2.75) is 13.5 Å². The molecule has 1 aliphatic heterocycles. The Morgan fingerprint density at radius 3 is 2.57 bits per heavy atom. The smallest absolute Gasteiger partial charge is 0.256 e. The predicted molar refractivity (Wildman–Crippen MR) is 91.7 cm³/mol. The summed E-state index contributed by atoms with van der Waals surface area (Å²) in [7, 11) is 0. The fraction of sp³-hybridized carbons (Fsp3) is 0.375. The van der Waals surface area contributed by atoms with E-state index in [-0.39, 0.29) is 23.9 Å². The molecule has 3 rings (SSSR count). The number of hydrogen-bond acceptors (Lipinski definition) is 4. The number of nitrogens with zero attached hydrogens (tertiary/aromatic N) is 3.